The van der Waals surface area contributed by atoms with Gasteiger partial charge in [-0.1, -0.05) is 49.0 Å². The number of hydrogen-bond acceptors (Lipinski definition) is 4. The molecule has 0 heterocycles. The van der Waals surface area contributed by atoms with Gasteiger partial charge in [0.2, 0.25) is 0 Å². The van der Waals surface area contributed by atoms with Crippen molar-refractivity contribution in [1.29, 1.82) is 0 Å². The van der Waals surface area contributed by atoms with Gasteiger partial charge in [0.15, 0.2) is 0 Å². The summed E-state index contributed by atoms with van der Waals surface area (Å²) in [7, 11) is 3.14. The molecule has 0 amide bonds. The Balaban J connectivity index is 0.00000191. The Morgan fingerprint density at radius 1 is 1.38 bits per heavy atom. The number of esters is 1. The highest BCUT2D eigenvalue weighted by Crippen LogP contribution is 2.36. The van der Waals surface area contributed by atoms with Crippen molar-refractivity contribution in [3.63, 3.8) is 0 Å². The topological polar surface area (TPSA) is 76.9 Å². The van der Waals surface area contributed by atoms with Crippen molar-refractivity contribution in [2.75, 3.05) is 14.2 Å². The molecule has 1 atom stereocenters. The second kappa shape index (κ2) is 9.92. The van der Waals surface area contributed by atoms with Crippen LogP contribution in [0.25, 0.3) is 4.85 Å². The first kappa shape index (κ1) is 19.1. The monoisotopic (exact) mass is 293 g/mol. The van der Waals surface area contributed by atoms with Gasteiger partial charge in [-0.3, -0.25) is 4.79 Å². The summed E-state index contributed by atoms with van der Waals surface area (Å²) in [6, 6.07) is 13.3. The fraction of sp³-hybridized carbons (Fsp3) is 0.500. The summed E-state index contributed by atoms with van der Waals surface area (Å²) in [5.74, 6) is 3.60. The van der Waals surface area contributed by atoms with Crippen molar-refractivity contribution in [3.05, 3.63) is 40.7 Å². The number of methoxy groups -OCH3 is 1. The molecule has 0 bridgehead atoms. The normalized spacial score (nSPS) is 12.3. The molecule has 0 aliphatic heterocycles. The van der Waals surface area contributed by atoms with Gasteiger partial charge in [0.25, 0.3) is 13.1 Å². The van der Waals surface area contributed by atoms with Crippen molar-refractivity contribution < 1.29 is 14.7 Å². The van der Waals surface area contributed by atoms with E-state index in [0.29, 0.717) is 18.8 Å². The predicted molar refractivity (Wildman–Crippen MR) is 83.4 cm³/mol. The molecule has 5 heteroatoms. The minimum atomic E-state index is -0.343. The smallest absolute Gasteiger partial charge is 0.305 e. The van der Waals surface area contributed by atoms with Crippen LogP contribution in [0.3, 0.4) is 0 Å². The van der Waals surface area contributed by atoms with Gasteiger partial charge in [-0.05, 0) is 17.9 Å². The minimum Gasteiger partial charge on any atom is -0.469 e. The molecule has 21 heavy (non-hydrogen) atoms. The van der Waals surface area contributed by atoms with E-state index in [4.69, 9.17) is 9.94 Å². The number of ether oxygens (including phenoxy) is 1. The summed E-state index contributed by atoms with van der Waals surface area (Å²) >= 11 is 0. The third-order valence-electron chi connectivity index (χ3n) is 3.54. The molecule has 0 saturated heterocycles. The second-order valence-electron chi connectivity index (χ2n) is 4.90. The van der Waals surface area contributed by atoms with E-state index < -0.39 is 0 Å². The lowest BCUT2D eigenvalue weighted by Crippen LogP contribution is -2.31. The largest absolute Gasteiger partial charge is 0.469 e. The van der Waals surface area contributed by atoms with Gasteiger partial charge < -0.3 is 9.94 Å². The molecular formula is C16H25N2O3+. The van der Waals surface area contributed by atoms with Crippen LogP contribution in [0, 0.1) is 12.0 Å². The Morgan fingerprint density at radius 2 is 1.95 bits per heavy atom. The highest BCUT2D eigenvalue weighted by molar-refractivity contribution is 5.69. The number of carbonyl (C=O) groups is 1. The van der Waals surface area contributed by atoms with Gasteiger partial charge in [-0.15, -0.1) is 0 Å². The molecule has 0 aliphatic carbocycles. The number of hydrogen-bond donors (Lipinski definition) is 2. The summed E-state index contributed by atoms with van der Waals surface area (Å²) in [5, 5.41) is 6.50. The lowest BCUT2D eigenvalue weighted by Gasteiger charge is -2.28. The zero-order chi connectivity index (χ0) is 16.3. The first-order valence-electron chi connectivity index (χ1n) is 6.81. The van der Waals surface area contributed by atoms with E-state index in [1.807, 2.05) is 18.2 Å². The van der Waals surface area contributed by atoms with E-state index in [1.54, 1.807) is 7.05 Å². The summed E-state index contributed by atoms with van der Waals surface area (Å²) in [5.41, 5.74) is 0.795. The van der Waals surface area contributed by atoms with Crippen LogP contribution in [0.1, 0.15) is 32.3 Å². The van der Waals surface area contributed by atoms with E-state index >= 15 is 0 Å². The molecule has 3 N–H and O–H groups in total. The summed E-state index contributed by atoms with van der Waals surface area (Å²) in [6.45, 7) is 4.25. The lowest BCUT2D eigenvalue weighted by atomic mass is 9.70. The van der Waals surface area contributed by atoms with Gasteiger partial charge >= 0.3 is 5.97 Å². The van der Waals surface area contributed by atoms with Crippen LogP contribution in [-0.4, -0.2) is 25.3 Å². The number of nitrogens with two attached hydrogens (primary N) is 1. The van der Waals surface area contributed by atoms with E-state index in [1.165, 1.54) is 7.11 Å². The van der Waals surface area contributed by atoms with Crippen LogP contribution in [0.15, 0.2) is 30.3 Å². The zero-order valence-electron chi connectivity index (χ0n) is 13.2. The molecule has 0 saturated carbocycles. The Labute approximate surface area is 126 Å². The highest BCUT2D eigenvalue weighted by atomic mass is 16.5. The lowest BCUT2D eigenvalue weighted by molar-refractivity contribution is -0.141. The van der Waals surface area contributed by atoms with Crippen LogP contribution in [0.5, 0.6) is 0 Å². The average molecular weight is 293 g/mol. The maximum atomic E-state index is 11.4. The summed E-state index contributed by atoms with van der Waals surface area (Å²) < 4.78 is 4.74. The molecule has 1 aromatic rings. The van der Waals surface area contributed by atoms with Crippen LogP contribution < -0.4 is 5.90 Å². The molecule has 5 nitrogen and oxygen atoms in total. The predicted octanol–water partition coefficient (Wildman–Crippen LogP) is 2.83. The molecule has 0 fully saturated rings. The molecule has 1 rings (SSSR count). The van der Waals surface area contributed by atoms with E-state index in [9.17, 15) is 4.79 Å². The van der Waals surface area contributed by atoms with Crippen LogP contribution in [0.4, 0.5) is 0 Å². The Hall–Kier alpha value is -1.90. The molecule has 1 aromatic carbocycles. The van der Waals surface area contributed by atoms with E-state index in [-0.39, 0.29) is 11.4 Å². The Bertz CT molecular complexity index is 477. The van der Waals surface area contributed by atoms with Gasteiger partial charge in [-0.2, -0.15) is 0 Å². The number of benzene rings is 1. The maximum Gasteiger partial charge on any atom is 0.305 e. The maximum absolute atomic E-state index is 11.4. The molecule has 0 radical (unpaired) electrons. The van der Waals surface area contributed by atoms with Crippen LogP contribution >= 0.6 is 0 Å². The van der Waals surface area contributed by atoms with Crippen molar-refractivity contribution in [1.82, 2.24) is 0 Å². The highest BCUT2D eigenvalue weighted by Gasteiger charge is 2.40. The van der Waals surface area contributed by atoms with Gasteiger partial charge in [-0.25, -0.2) is 5.90 Å². The quantitative estimate of drug-likeness (QED) is 0.646. The molecule has 116 valence electrons. The van der Waals surface area contributed by atoms with Crippen molar-refractivity contribution in [2.24, 2.45) is 11.8 Å². The van der Waals surface area contributed by atoms with Gasteiger partial charge in [0, 0.05) is 6.42 Å². The van der Waals surface area contributed by atoms with Crippen molar-refractivity contribution in [3.8, 4) is 6.07 Å². The van der Waals surface area contributed by atoms with Crippen LogP contribution in [0.2, 0.25) is 0 Å². The fourth-order valence-corrected chi connectivity index (χ4v) is 2.35. The molecule has 0 spiro atoms. The number of rotatable bonds is 5. The summed E-state index contributed by atoms with van der Waals surface area (Å²) in [4.78, 5) is 15.5. The summed E-state index contributed by atoms with van der Waals surface area (Å²) in [6.07, 6.45) is 1.02. The SMILES string of the molecule is C[N+]#CC(CCC(=O)OC)(c1ccccc1)C(C)C.NO. The average Bonchev–Trinajstić information content (AvgIpc) is 2.53. The first-order valence-corrected chi connectivity index (χ1v) is 6.81. The Morgan fingerprint density at radius 3 is 2.38 bits per heavy atom. The van der Waals surface area contributed by atoms with Crippen molar-refractivity contribution >= 4 is 5.97 Å². The van der Waals surface area contributed by atoms with Gasteiger partial charge in [0.1, 0.15) is 5.41 Å². The molecule has 0 aliphatic rings. The standard InChI is InChI=1S/C16H22NO2.H3NO/c1-13(2)16(12-17-3,11-10-15(18)19-4)14-8-6-5-7-9-14;1-2/h5-9,13H,10-11H2,1-4H3;2H,1H2/q+1;. The van der Waals surface area contributed by atoms with E-state index in [2.05, 4.69) is 42.8 Å². The third kappa shape index (κ3) is 5.18. The third-order valence-corrected chi connectivity index (χ3v) is 3.54. The Kier molecular flexibility index (Phi) is 9.02. The number of carbonyl (C=O) groups excluding carboxylic acids is 1. The molecule has 1 unspecified atom stereocenters. The van der Waals surface area contributed by atoms with Gasteiger partial charge in [0.05, 0.1) is 7.11 Å². The zero-order valence-corrected chi connectivity index (χ0v) is 13.2. The van der Waals surface area contributed by atoms with Crippen molar-refractivity contribution in [2.45, 2.75) is 32.1 Å². The second-order valence-corrected chi connectivity index (χ2v) is 4.90. The molecule has 0 aromatic heterocycles. The molecular weight excluding hydrogens is 268 g/mol. The van der Waals surface area contributed by atoms with Crippen LogP contribution in [-0.2, 0) is 14.9 Å². The first-order chi connectivity index (χ1) is 10.1. The minimum absolute atomic E-state index is 0.196. The number of nitrogens with zero attached hydrogens (tertiary/aromatic N) is 1. The van der Waals surface area contributed by atoms with E-state index in [0.717, 1.165) is 5.56 Å². The fourth-order valence-electron chi connectivity index (χ4n) is 2.35.